The predicted molar refractivity (Wildman–Crippen MR) is 80.9 cm³/mol. The highest BCUT2D eigenvalue weighted by atomic mass is 32.2. The number of benzene rings is 1. The minimum atomic E-state index is -0.433. The van der Waals surface area contributed by atoms with E-state index in [1.807, 2.05) is 37.3 Å². The van der Waals surface area contributed by atoms with Crippen LogP contribution in [0.4, 0.5) is 0 Å². The number of imidazole rings is 1. The minimum absolute atomic E-state index is 0.212. The lowest BCUT2D eigenvalue weighted by molar-refractivity contribution is 0.0916. The third kappa shape index (κ3) is 2.06. The first kappa shape index (κ1) is 13.9. The van der Waals surface area contributed by atoms with Gasteiger partial charge in [0, 0.05) is 12.7 Å². The summed E-state index contributed by atoms with van der Waals surface area (Å²) in [6, 6.07) is 9.35. The summed E-state index contributed by atoms with van der Waals surface area (Å²) < 4.78 is 2.56. The molecule has 0 N–H and O–H groups in total. The van der Waals surface area contributed by atoms with Crippen molar-refractivity contribution in [2.75, 3.05) is 0 Å². The maximum atomic E-state index is 12.5. The average Bonchev–Trinajstić information content (AvgIpc) is 2.96. The van der Waals surface area contributed by atoms with Crippen LogP contribution in [0.15, 0.2) is 35.1 Å². The summed E-state index contributed by atoms with van der Waals surface area (Å²) in [5.74, 6) is 0.00651. The van der Waals surface area contributed by atoms with Gasteiger partial charge in [0.2, 0.25) is 11.0 Å². The van der Waals surface area contributed by atoms with E-state index in [1.165, 1.54) is 6.92 Å². The normalized spacial score (nSPS) is 15.0. The molecule has 1 aromatic carbocycles. The molecule has 2 heterocycles. The number of hydrogen-bond donors (Lipinski definition) is 0. The molecule has 1 atom stereocenters. The van der Waals surface area contributed by atoms with Crippen LogP contribution < -0.4 is 5.69 Å². The van der Waals surface area contributed by atoms with Gasteiger partial charge in [0.05, 0.1) is 11.7 Å². The van der Waals surface area contributed by atoms with Gasteiger partial charge >= 0.3 is 5.69 Å². The Kier molecular flexibility index (Phi) is 3.33. The zero-order chi connectivity index (χ0) is 15.1. The van der Waals surface area contributed by atoms with Crippen molar-refractivity contribution in [1.29, 1.82) is 0 Å². The molecule has 2 aromatic rings. The minimum Gasteiger partial charge on any atom is -0.287 e. The monoisotopic (exact) mass is 302 g/mol. The van der Waals surface area contributed by atoms with Crippen LogP contribution in [-0.4, -0.2) is 20.2 Å². The van der Waals surface area contributed by atoms with E-state index in [1.54, 1.807) is 4.57 Å². The molecule has 6 heteroatoms. The lowest BCUT2D eigenvalue weighted by atomic mass is 10.1. The Balaban J connectivity index is 2.23. The van der Waals surface area contributed by atoms with Crippen LogP contribution in [0.3, 0.4) is 0 Å². The van der Waals surface area contributed by atoms with Crippen LogP contribution in [-0.2, 0) is 5.75 Å². The number of fused-ring (bicyclic) bond motifs is 1. The van der Waals surface area contributed by atoms with E-state index >= 15 is 0 Å². The van der Waals surface area contributed by atoms with Gasteiger partial charge in [-0.25, -0.2) is 9.36 Å². The molecule has 1 aliphatic heterocycles. The van der Waals surface area contributed by atoms with Crippen molar-refractivity contribution in [3.05, 3.63) is 57.8 Å². The number of nitrogens with zero attached hydrogens (tertiary/aromatic N) is 2. The average molecular weight is 302 g/mol. The van der Waals surface area contributed by atoms with E-state index in [2.05, 4.69) is 0 Å². The number of carbonyl (C=O) groups excluding carboxylic acids is 2. The second-order valence-electron chi connectivity index (χ2n) is 4.97. The Hall–Kier alpha value is -2.08. The standard InChI is InChI=1S/C15H14N2O3S/c1-9(11-6-4-3-5-7-11)16-12-8-21-14(19)13(12)17(10(2)18)15(16)20/h3-7,9H,8H2,1-2H3/t9-/m0/s1. The SMILES string of the molecule is CC(=O)n1c2c(n([C@@H](C)c3ccccc3)c1=O)CSC2=O. The summed E-state index contributed by atoms with van der Waals surface area (Å²) >= 11 is 1.13. The first-order valence-corrected chi connectivity index (χ1v) is 7.60. The molecule has 5 nitrogen and oxygen atoms in total. The Bertz CT molecular complexity index is 789. The molecular formula is C15H14N2O3S. The maximum Gasteiger partial charge on any atom is 0.336 e. The molecule has 0 aliphatic carbocycles. The van der Waals surface area contributed by atoms with Crippen molar-refractivity contribution in [3.8, 4) is 0 Å². The number of hydrogen-bond acceptors (Lipinski definition) is 4. The highest BCUT2D eigenvalue weighted by Gasteiger charge is 2.34. The van der Waals surface area contributed by atoms with Gasteiger partial charge in [-0.15, -0.1) is 0 Å². The molecule has 0 saturated carbocycles. The molecule has 0 spiro atoms. The number of rotatable bonds is 2. The topological polar surface area (TPSA) is 61.1 Å². The fraction of sp³-hybridized carbons (Fsp3) is 0.267. The number of aromatic nitrogens is 2. The molecule has 0 fully saturated rings. The fourth-order valence-corrected chi connectivity index (χ4v) is 3.57. The maximum absolute atomic E-state index is 12.5. The molecular weight excluding hydrogens is 288 g/mol. The molecule has 1 aliphatic rings. The first-order valence-electron chi connectivity index (χ1n) is 6.61. The van der Waals surface area contributed by atoms with E-state index in [0.717, 1.165) is 21.9 Å². The van der Waals surface area contributed by atoms with E-state index in [4.69, 9.17) is 0 Å². The van der Waals surface area contributed by atoms with Crippen molar-refractivity contribution in [1.82, 2.24) is 9.13 Å². The smallest absolute Gasteiger partial charge is 0.287 e. The van der Waals surface area contributed by atoms with Crippen molar-refractivity contribution in [3.63, 3.8) is 0 Å². The highest BCUT2D eigenvalue weighted by Crippen LogP contribution is 2.32. The van der Waals surface area contributed by atoms with Gasteiger partial charge in [-0.3, -0.25) is 14.2 Å². The van der Waals surface area contributed by atoms with Crippen molar-refractivity contribution in [2.24, 2.45) is 0 Å². The van der Waals surface area contributed by atoms with E-state index < -0.39 is 11.6 Å². The molecule has 0 radical (unpaired) electrons. The fourth-order valence-electron chi connectivity index (χ4n) is 2.68. The molecule has 0 amide bonds. The van der Waals surface area contributed by atoms with Crippen molar-refractivity contribution >= 4 is 22.8 Å². The van der Waals surface area contributed by atoms with Gasteiger partial charge in [0.1, 0.15) is 5.69 Å². The molecule has 21 heavy (non-hydrogen) atoms. The summed E-state index contributed by atoms with van der Waals surface area (Å²) in [6.07, 6.45) is 0. The van der Waals surface area contributed by atoms with Gasteiger partial charge in [-0.2, -0.15) is 0 Å². The molecule has 0 unspecified atom stereocenters. The van der Waals surface area contributed by atoms with E-state index in [-0.39, 0.29) is 16.9 Å². The second-order valence-corrected chi connectivity index (χ2v) is 5.91. The third-order valence-corrected chi connectivity index (χ3v) is 4.58. The molecule has 108 valence electrons. The molecule has 3 rings (SSSR count). The molecule has 1 aromatic heterocycles. The zero-order valence-corrected chi connectivity index (χ0v) is 12.5. The van der Waals surface area contributed by atoms with Gasteiger partial charge in [0.25, 0.3) is 0 Å². The Labute approximate surface area is 125 Å². The van der Waals surface area contributed by atoms with Crippen LogP contribution in [0.5, 0.6) is 0 Å². The summed E-state index contributed by atoms with van der Waals surface area (Å²) in [5, 5.41) is -0.212. The van der Waals surface area contributed by atoms with Crippen molar-refractivity contribution in [2.45, 2.75) is 25.6 Å². The van der Waals surface area contributed by atoms with Crippen molar-refractivity contribution < 1.29 is 9.59 Å². The lowest BCUT2D eigenvalue weighted by Crippen LogP contribution is -2.31. The zero-order valence-electron chi connectivity index (χ0n) is 11.7. The summed E-state index contributed by atoms with van der Waals surface area (Å²) in [6.45, 7) is 3.20. The van der Waals surface area contributed by atoms with E-state index in [9.17, 15) is 14.4 Å². The van der Waals surface area contributed by atoms with Gasteiger partial charge in [-0.05, 0) is 12.5 Å². The Morgan fingerprint density at radius 3 is 2.52 bits per heavy atom. The second kappa shape index (κ2) is 5.04. The van der Waals surface area contributed by atoms with Crippen LogP contribution in [0.1, 0.15) is 46.4 Å². The largest absolute Gasteiger partial charge is 0.336 e. The van der Waals surface area contributed by atoms with Crippen LogP contribution in [0.25, 0.3) is 0 Å². The lowest BCUT2D eigenvalue weighted by Gasteiger charge is -2.15. The Morgan fingerprint density at radius 1 is 1.24 bits per heavy atom. The third-order valence-electron chi connectivity index (χ3n) is 3.70. The van der Waals surface area contributed by atoms with Gasteiger partial charge in [0.15, 0.2) is 0 Å². The predicted octanol–water partition coefficient (Wildman–Crippen LogP) is 2.31. The summed E-state index contributed by atoms with van der Waals surface area (Å²) in [7, 11) is 0. The summed E-state index contributed by atoms with van der Waals surface area (Å²) in [4.78, 5) is 36.2. The number of carbonyl (C=O) groups is 2. The molecule has 0 saturated heterocycles. The van der Waals surface area contributed by atoms with E-state index in [0.29, 0.717) is 11.4 Å². The quantitative estimate of drug-likeness (QED) is 0.854. The van der Waals surface area contributed by atoms with Gasteiger partial charge in [-0.1, -0.05) is 42.1 Å². The van der Waals surface area contributed by atoms with Crippen LogP contribution >= 0.6 is 11.8 Å². The first-order chi connectivity index (χ1) is 10.0. The van der Waals surface area contributed by atoms with Crippen LogP contribution in [0, 0.1) is 0 Å². The summed E-state index contributed by atoms with van der Waals surface area (Å²) in [5.41, 5.74) is 1.41. The highest BCUT2D eigenvalue weighted by molar-refractivity contribution is 8.13. The molecule has 0 bridgehead atoms. The van der Waals surface area contributed by atoms with Gasteiger partial charge < -0.3 is 0 Å². The number of thioether (sulfide) groups is 1. The van der Waals surface area contributed by atoms with Crippen LogP contribution in [0.2, 0.25) is 0 Å². The Morgan fingerprint density at radius 2 is 1.90 bits per heavy atom.